The predicted molar refractivity (Wildman–Crippen MR) is 94.4 cm³/mol. The molecule has 4 heterocycles. The van der Waals surface area contributed by atoms with E-state index in [-0.39, 0.29) is 0 Å². The Kier molecular flexibility index (Phi) is 4.80. The molecule has 1 aliphatic heterocycles. The number of hydrogen-bond acceptors (Lipinski definition) is 7. The molecule has 1 saturated heterocycles. The third-order valence-corrected chi connectivity index (χ3v) is 4.27. The van der Waals surface area contributed by atoms with E-state index in [1.165, 1.54) is 0 Å². The number of hydrogen-bond donors (Lipinski definition) is 1. The Balaban J connectivity index is 1.38. The standard InChI is InChI=1S/C17H21N7O/c1-3-16-14(13-21-24(16)20-6-1)15-4-7-19-17(22-15)18-5-2-8-23-9-11-25-12-10-23/h1,3-4,6-7,13H,2,5,8-12H2,(H,18,19,22). The number of anilines is 1. The smallest absolute Gasteiger partial charge is 0.223 e. The van der Waals surface area contributed by atoms with Gasteiger partial charge in [-0.15, -0.1) is 0 Å². The summed E-state index contributed by atoms with van der Waals surface area (Å²) < 4.78 is 6.97. The highest BCUT2D eigenvalue weighted by molar-refractivity contribution is 5.77. The van der Waals surface area contributed by atoms with Gasteiger partial charge in [0.1, 0.15) is 0 Å². The molecule has 8 heteroatoms. The Bertz CT molecular complexity index is 828. The van der Waals surface area contributed by atoms with Gasteiger partial charge in [-0.3, -0.25) is 4.90 Å². The van der Waals surface area contributed by atoms with Crippen LogP contribution in [0.15, 0.2) is 36.8 Å². The Morgan fingerprint density at radius 1 is 1.12 bits per heavy atom. The van der Waals surface area contributed by atoms with Crippen molar-refractivity contribution in [2.45, 2.75) is 6.42 Å². The van der Waals surface area contributed by atoms with E-state index in [9.17, 15) is 0 Å². The van der Waals surface area contributed by atoms with Crippen LogP contribution >= 0.6 is 0 Å². The van der Waals surface area contributed by atoms with Crippen LogP contribution in [0.4, 0.5) is 5.95 Å². The molecule has 3 aromatic rings. The molecule has 0 radical (unpaired) electrons. The van der Waals surface area contributed by atoms with E-state index in [4.69, 9.17) is 4.74 Å². The Morgan fingerprint density at radius 2 is 2.04 bits per heavy atom. The van der Waals surface area contributed by atoms with Crippen molar-refractivity contribution >= 4 is 11.5 Å². The fourth-order valence-corrected chi connectivity index (χ4v) is 2.95. The van der Waals surface area contributed by atoms with Crippen LogP contribution in [-0.2, 0) is 4.74 Å². The summed E-state index contributed by atoms with van der Waals surface area (Å²) in [5, 5.41) is 11.8. The molecule has 0 atom stereocenters. The van der Waals surface area contributed by atoms with Crippen molar-refractivity contribution in [3.63, 3.8) is 0 Å². The number of fused-ring (bicyclic) bond motifs is 1. The van der Waals surface area contributed by atoms with Gasteiger partial charge in [-0.05, 0) is 31.2 Å². The summed E-state index contributed by atoms with van der Waals surface area (Å²) in [5.74, 6) is 0.641. The first-order chi connectivity index (χ1) is 12.4. The third-order valence-electron chi connectivity index (χ3n) is 4.27. The molecule has 0 bridgehead atoms. The minimum Gasteiger partial charge on any atom is -0.379 e. The molecule has 0 spiro atoms. The van der Waals surface area contributed by atoms with Gasteiger partial charge in [-0.1, -0.05) is 0 Å². The molecule has 25 heavy (non-hydrogen) atoms. The van der Waals surface area contributed by atoms with E-state index < -0.39 is 0 Å². The molecule has 0 unspecified atom stereocenters. The van der Waals surface area contributed by atoms with Crippen molar-refractivity contribution in [2.24, 2.45) is 0 Å². The zero-order valence-electron chi connectivity index (χ0n) is 14.0. The lowest BCUT2D eigenvalue weighted by atomic mass is 10.2. The van der Waals surface area contributed by atoms with Gasteiger partial charge in [0.05, 0.1) is 30.6 Å². The molecule has 130 valence electrons. The SMILES string of the molecule is c1cnn2ncc(-c3ccnc(NCCCN4CCOCC4)n3)c2c1. The summed E-state index contributed by atoms with van der Waals surface area (Å²) in [4.78, 5) is 11.4. The molecule has 3 aromatic heterocycles. The second-order valence-electron chi connectivity index (χ2n) is 5.96. The highest BCUT2D eigenvalue weighted by atomic mass is 16.5. The Morgan fingerprint density at radius 3 is 2.96 bits per heavy atom. The average Bonchev–Trinajstić information content (AvgIpc) is 3.11. The van der Waals surface area contributed by atoms with Crippen molar-refractivity contribution in [1.29, 1.82) is 0 Å². The highest BCUT2D eigenvalue weighted by Crippen LogP contribution is 2.22. The minimum atomic E-state index is 0.641. The number of ether oxygens (including phenoxy) is 1. The molecule has 8 nitrogen and oxygen atoms in total. The van der Waals surface area contributed by atoms with Crippen LogP contribution in [0.1, 0.15) is 6.42 Å². The van der Waals surface area contributed by atoms with Gasteiger partial charge in [-0.25, -0.2) is 9.97 Å². The predicted octanol–water partition coefficient (Wildman–Crippen LogP) is 1.32. The van der Waals surface area contributed by atoms with Crippen molar-refractivity contribution < 1.29 is 4.74 Å². The number of nitrogens with zero attached hydrogens (tertiary/aromatic N) is 6. The zero-order valence-corrected chi connectivity index (χ0v) is 14.0. The van der Waals surface area contributed by atoms with Crippen LogP contribution in [0.25, 0.3) is 16.8 Å². The van der Waals surface area contributed by atoms with Crippen molar-refractivity contribution in [3.8, 4) is 11.3 Å². The molecule has 0 saturated carbocycles. The molecule has 0 amide bonds. The molecule has 0 aromatic carbocycles. The normalized spacial score (nSPS) is 15.5. The number of nitrogens with one attached hydrogen (secondary N) is 1. The summed E-state index contributed by atoms with van der Waals surface area (Å²) in [6, 6.07) is 5.77. The number of aromatic nitrogens is 5. The van der Waals surface area contributed by atoms with Gasteiger partial charge >= 0.3 is 0 Å². The molecular weight excluding hydrogens is 318 g/mol. The largest absolute Gasteiger partial charge is 0.379 e. The van der Waals surface area contributed by atoms with E-state index in [0.717, 1.165) is 62.6 Å². The quantitative estimate of drug-likeness (QED) is 0.678. The summed E-state index contributed by atoms with van der Waals surface area (Å²) >= 11 is 0. The lowest BCUT2D eigenvalue weighted by Gasteiger charge is -2.26. The maximum Gasteiger partial charge on any atom is 0.223 e. The van der Waals surface area contributed by atoms with E-state index in [1.54, 1.807) is 23.2 Å². The zero-order chi connectivity index (χ0) is 16.9. The molecule has 1 fully saturated rings. The summed E-state index contributed by atoms with van der Waals surface area (Å²) in [6.45, 7) is 5.64. The van der Waals surface area contributed by atoms with E-state index in [1.807, 2.05) is 18.2 Å². The monoisotopic (exact) mass is 339 g/mol. The number of rotatable bonds is 6. The molecule has 0 aliphatic carbocycles. The van der Waals surface area contributed by atoms with Gasteiger partial charge in [0.25, 0.3) is 0 Å². The van der Waals surface area contributed by atoms with Crippen LogP contribution in [-0.4, -0.2) is 69.1 Å². The van der Waals surface area contributed by atoms with E-state index in [2.05, 4.69) is 30.4 Å². The first kappa shape index (κ1) is 15.9. The van der Waals surface area contributed by atoms with E-state index in [0.29, 0.717) is 5.95 Å². The van der Waals surface area contributed by atoms with Gasteiger partial charge in [-0.2, -0.15) is 14.8 Å². The second kappa shape index (κ2) is 7.54. The lowest BCUT2D eigenvalue weighted by Crippen LogP contribution is -2.37. The maximum atomic E-state index is 5.37. The van der Waals surface area contributed by atoms with Crippen molar-refractivity contribution in [1.82, 2.24) is 29.7 Å². The summed E-state index contributed by atoms with van der Waals surface area (Å²) in [6.07, 6.45) is 6.32. The molecule has 1 N–H and O–H groups in total. The molecule has 4 rings (SSSR count). The minimum absolute atomic E-state index is 0.641. The van der Waals surface area contributed by atoms with Crippen molar-refractivity contribution in [2.75, 3.05) is 44.7 Å². The fourth-order valence-electron chi connectivity index (χ4n) is 2.95. The number of morpholine rings is 1. The van der Waals surface area contributed by atoms with Gasteiger partial charge in [0, 0.05) is 37.6 Å². The van der Waals surface area contributed by atoms with E-state index >= 15 is 0 Å². The van der Waals surface area contributed by atoms with Crippen LogP contribution in [0, 0.1) is 0 Å². The lowest BCUT2D eigenvalue weighted by molar-refractivity contribution is 0.0378. The van der Waals surface area contributed by atoms with Gasteiger partial charge in [0.15, 0.2) is 0 Å². The van der Waals surface area contributed by atoms with Crippen LogP contribution in [0.3, 0.4) is 0 Å². The Hall–Kier alpha value is -2.58. The molecule has 1 aliphatic rings. The maximum absolute atomic E-state index is 5.37. The van der Waals surface area contributed by atoms with Gasteiger partial charge in [0.2, 0.25) is 5.95 Å². The van der Waals surface area contributed by atoms with Crippen LogP contribution in [0.2, 0.25) is 0 Å². The van der Waals surface area contributed by atoms with Crippen LogP contribution in [0.5, 0.6) is 0 Å². The first-order valence-corrected chi connectivity index (χ1v) is 8.56. The third kappa shape index (κ3) is 3.75. The topological polar surface area (TPSA) is 80.5 Å². The molecular formula is C17H21N7O. The van der Waals surface area contributed by atoms with Crippen LogP contribution < -0.4 is 5.32 Å². The Labute approximate surface area is 145 Å². The first-order valence-electron chi connectivity index (χ1n) is 8.56. The average molecular weight is 339 g/mol. The summed E-state index contributed by atoms with van der Waals surface area (Å²) in [7, 11) is 0. The highest BCUT2D eigenvalue weighted by Gasteiger charge is 2.11. The fraction of sp³-hybridized carbons (Fsp3) is 0.412. The van der Waals surface area contributed by atoms with Gasteiger partial charge < -0.3 is 10.1 Å². The van der Waals surface area contributed by atoms with Crippen molar-refractivity contribution in [3.05, 3.63) is 36.8 Å². The summed E-state index contributed by atoms with van der Waals surface area (Å²) in [5.41, 5.74) is 2.72. The second-order valence-corrected chi connectivity index (χ2v) is 5.96.